The van der Waals surface area contributed by atoms with Crippen LogP contribution < -0.4 is 0 Å². The molecule has 17 heavy (non-hydrogen) atoms. The lowest BCUT2D eigenvalue weighted by molar-refractivity contribution is -0.143. The summed E-state index contributed by atoms with van der Waals surface area (Å²) in [6, 6.07) is 0. The molecule has 98 valence electrons. The first kappa shape index (κ1) is 14.0. The van der Waals surface area contributed by atoms with Crippen LogP contribution in [0.4, 0.5) is 0 Å². The summed E-state index contributed by atoms with van der Waals surface area (Å²) in [5.41, 5.74) is 0. The zero-order chi connectivity index (χ0) is 12.8. The SMILES string of the molecule is CN(C)C(=O)CCOC1CCC(C(=O)O)CC1. The first-order valence-corrected chi connectivity index (χ1v) is 6.05. The zero-order valence-corrected chi connectivity index (χ0v) is 10.5. The highest BCUT2D eigenvalue weighted by Gasteiger charge is 2.26. The summed E-state index contributed by atoms with van der Waals surface area (Å²) in [6.07, 6.45) is 3.45. The van der Waals surface area contributed by atoms with Crippen LogP contribution in [0.1, 0.15) is 32.1 Å². The first-order valence-electron chi connectivity index (χ1n) is 6.05. The second-order valence-electron chi connectivity index (χ2n) is 4.72. The Labute approximate surface area is 102 Å². The fourth-order valence-electron chi connectivity index (χ4n) is 2.01. The summed E-state index contributed by atoms with van der Waals surface area (Å²) in [7, 11) is 3.45. The Hall–Kier alpha value is -1.10. The van der Waals surface area contributed by atoms with E-state index in [1.807, 2.05) is 0 Å². The van der Waals surface area contributed by atoms with Crippen LogP contribution in [0.3, 0.4) is 0 Å². The van der Waals surface area contributed by atoms with Gasteiger partial charge < -0.3 is 14.7 Å². The lowest BCUT2D eigenvalue weighted by Gasteiger charge is -2.26. The predicted molar refractivity (Wildman–Crippen MR) is 62.6 cm³/mol. The fraction of sp³-hybridized carbons (Fsp3) is 0.833. The lowest BCUT2D eigenvalue weighted by atomic mass is 9.87. The first-order chi connectivity index (χ1) is 8.00. The third-order valence-electron chi connectivity index (χ3n) is 3.19. The Morgan fingerprint density at radius 3 is 2.29 bits per heavy atom. The van der Waals surface area contributed by atoms with E-state index < -0.39 is 5.97 Å². The third kappa shape index (κ3) is 4.73. The van der Waals surface area contributed by atoms with E-state index in [2.05, 4.69) is 0 Å². The van der Waals surface area contributed by atoms with Crippen molar-refractivity contribution < 1.29 is 19.4 Å². The average molecular weight is 243 g/mol. The fourth-order valence-corrected chi connectivity index (χ4v) is 2.01. The van der Waals surface area contributed by atoms with Crippen LogP contribution in [-0.2, 0) is 14.3 Å². The van der Waals surface area contributed by atoms with Gasteiger partial charge in [-0.05, 0) is 25.7 Å². The maximum Gasteiger partial charge on any atom is 0.306 e. The van der Waals surface area contributed by atoms with E-state index in [-0.39, 0.29) is 17.9 Å². The molecular formula is C12H21NO4. The maximum absolute atomic E-state index is 11.3. The molecular weight excluding hydrogens is 222 g/mol. The number of carbonyl (C=O) groups excluding carboxylic acids is 1. The van der Waals surface area contributed by atoms with E-state index in [0.717, 1.165) is 12.8 Å². The van der Waals surface area contributed by atoms with Crippen LogP contribution in [0.5, 0.6) is 0 Å². The van der Waals surface area contributed by atoms with Gasteiger partial charge in [-0.15, -0.1) is 0 Å². The van der Waals surface area contributed by atoms with Crippen molar-refractivity contribution in [3.8, 4) is 0 Å². The lowest BCUT2D eigenvalue weighted by Crippen LogP contribution is -2.28. The monoisotopic (exact) mass is 243 g/mol. The van der Waals surface area contributed by atoms with E-state index in [1.54, 1.807) is 19.0 Å². The molecule has 0 aliphatic heterocycles. The van der Waals surface area contributed by atoms with Gasteiger partial charge in [0, 0.05) is 14.1 Å². The molecule has 0 unspecified atom stereocenters. The summed E-state index contributed by atoms with van der Waals surface area (Å²) in [5.74, 6) is -0.853. The van der Waals surface area contributed by atoms with Gasteiger partial charge in [0.1, 0.15) is 0 Å². The highest BCUT2D eigenvalue weighted by molar-refractivity contribution is 5.75. The molecule has 0 radical (unpaired) electrons. The number of nitrogens with zero attached hydrogens (tertiary/aromatic N) is 1. The Morgan fingerprint density at radius 1 is 1.24 bits per heavy atom. The van der Waals surface area contributed by atoms with E-state index in [9.17, 15) is 9.59 Å². The summed E-state index contributed by atoms with van der Waals surface area (Å²) in [6.45, 7) is 0.430. The van der Waals surface area contributed by atoms with Crippen molar-refractivity contribution in [2.24, 2.45) is 5.92 Å². The third-order valence-corrected chi connectivity index (χ3v) is 3.19. The molecule has 0 saturated heterocycles. The van der Waals surface area contributed by atoms with Crippen LogP contribution >= 0.6 is 0 Å². The van der Waals surface area contributed by atoms with Crippen LogP contribution in [0.2, 0.25) is 0 Å². The van der Waals surface area contributed by atoms with E-state index >= 15 is 0 Å². The summed E-state index contributed by atoms with van der Waals surface area (Å²) >= 11 is 0. The molecule has 1 aliphatic rings. The minimum absolute atomic E-state index is 0.0595. The van der Waals surface area contributed by atoms with Crippen molar-refractivity contribution in [2.45, 2.75) is 38.2 Å². The Morgan fingerprint density at radius 2 is 1.82 bits per heavy atom. The van der Waals surface area contributed by atoms with Crippen molar-refractivity contribution in [3.63, 3.8) is 0 Å². The standard InChI is InChI=1S/C12H21NO4/c1-13(2)11(14)7-8-17-10-5-3-9(4-6-10)12(15)16/h9-10H,3-8H2,1-2H3,(H,15,16). The normalized spacial score (nSPS) is 24.4. The molecule has 0 aromatic heterocycles. The number of rotatable bonds is 5. The van der Waals surface area contributed by atoms with Gasteiger partial charge in [-0.3, -0.25) is 9.59 Å². The minimum Gasteiger partial charge on any atom is -0.481 e. The molecule has 1 aliphatic carbocycles. The summed E-state index contributed by atoms with van der Waals surface area (Å²) in [5, 5.41) is 8.84. The van der Waals surface area contributed by atoms with Crippen molar-refractivity contribution in [1.82, 2.24) is 4.90 Å². The van der Waals surface area contributed by atoms with Crippen LogP contribution in [-0.4, -0.2) is 48.7 Å². The molecule has 1 N–H and O–H groups in total. The van der Waals surface area contributed by atoms with E-state index in [4.69, 9.17) is 9.84 Å². The number of hydrogen-bond donors (Lipinski definition) is 1. The van der Waals surface area contributed by atoms with Gasteiger partial charge in [-0.25, -0.2) is 0 Å². The highest BCUT2D eigenvalue weighted by atomic mass is 16.5. The molecule has 1 rings (SSSR count). The van der Waals surface area contributed by atoms with Crippen LogP contribution in [0, 0.1) is 5.92 Å². The molecule has 1 saturated carbocycles. The van der Waals surface area contributed by atoms with Crippen LogP contribution in [0.25, 0.3) is 0 Å². The topological polar surface area (TPSA) is 66.8 Å². The largest absolute Gasteiger partial charge is 0.481 e. The number of carbonyl (C=O) groups is 2. The number of carboxylic acids is 1. The van der Waals surface area contributed by atoms with Crippen molar-refractivity contribution >= 4 is 11.9 Å². The summed E-state index contributed by atoms with van der Waals surface area (Å²) in [4.78, 5) is 23.6. The smallest absolute Gasteiger partial charge is 0.306 e. The number of amides is 1. The molecule has 0 atom stereocenters. The van der Waals surface area contributed by atoms with E-state index in [0.29, 0.717) is 25.9 Å². The number of ether oxygens (including phenoxy) is 1. The van der Waals surface area contributed by atoms with Gasteiger partial charge in [0.25, 0.3) is 0 Å². The minimum atomic E-state index is -0.703. The van der Waals surface area contributed by atoms with Crippen molar-refractivity contribution in [3.05, 3.63) is 0 Å². The molecule has 0 spiro atoms. The molecule has 1 fully saturated rings. The maximum atomic E-state index is 11.3. The molecule has 5 heteroatoms. The Kier molecular flexibility index (Phi) is 5.41. The molecule has 5 nitrogen and oxygen atoms in total. The summed E-state index contributed by atoms with van der Waals surface area (Å²) < 4.78 is 5.59. The van der Waals surface area contributed by atoms with Gasteiger partial charge in [0.2, 0.25) is 5.91 Å². The predicted octanol–water partition coefficient (Wildman–Crippen LogP) is 1.12. The van der Waals surface area contributed by atoms with Crippen molar-refractivity contribution in [1.29, 1.82) is 0 Å². The van der Waals surface area contributed by atoms with Gasteiger partial charge in [0.15, 0.2) is 0 Å². The second kappa shape index (κ2) is 6.59. The molecule has 0 aromatic carbocycles. The molecule has 1 amide bonds. The molecule has 0 bridgehead atoms. The number of carboxylic acid groups (broad SMARTS) is 1. The average Bonchev–Trinajstić information content (AvgIpc) is 2.29. The Balaban J connectivity index is 2.14. The quantitative estimate of drug-likeness (QED) is 0.786. The van der Waals surface area contributed by atoms with Gasteiger partial charge in [0.05, 0.1) is 25.0 Å². The molecule has 0 heterocycles. The molecule has 0 aromatic rings. The number of hydrogen-bond acceptors (Lipinski definition) is 3. The van der Waals surface area contributed by atoms with Gasteiger partial charge in [-0.1, -0.05) is 0 Å². The number of aliphatic carboxylic acids is 1. The highest BCUT2D eigenvalue weighted by Crippen LogP contribution is 2.26. The second-order valence-corrected chi connectivity index (χ2v) is 4.72. The zero-order valence-electron chi connectivity index (χ0n) is 10.5. The van der Waals surface area contributed by atoms with Crippen molar-refractivity contribution in [2.75, 3.05) is 20.7 Å². The van der Waals surface area contributed by atoms with Gasteiger partial charge in [-0.2, -0.15) is 0 Å². The van der Waals surface area contributed by atoms with E-state index in [1.165, 1.54) is 0 Å². The van der Waals surface area contributed by atoms with Crippen LogP contribution in [0.15, 0.2) is 0 Å². The van der Waals surface area contributed by atoms with Gasteiger partial charge >= 0.3 is 5.97 Å². The Bertz CT molecular complexity index is 270.